The van der Waals surface area contributed by atoms with Crippen LogP contribution < -0.4 is 5.63 Å². The molecule has 1 aromatic heterocycles. The quantitative estimate of drug-likeness (QED) is 0.633. The molecule has 2 bridgehead atoms. The molecule has 0 amide bonds. The Labute approximate surface area is 161 Å². The van der Waals surface area contributed by atoms with Gasteiger partial charge >= 0.3 is 5.63 Å². The van der Waals surface area contributed by atoms with Crippen molar-refractivity contribution < 1.29 is 9.52 Å². The molecule has 3 heteroatoms. The van der Waals surface area contributed by atoms with Crippen LogP contribution >= 0.6 is 0 Å². The summed E-state index contributed by atoms with van der Waals surface area (Å²) in [5, 5.41) is 11.6. The molecule has 5 atom stereocenters. The van der Waals surface area contributed by atoms with Gasteiger partial charge in [-0.2, -0.15) is 0 Å². The SMILES string of the molecule is C[C@@H]1CC[C@H]2C(C)(C)[C@H]3C[C@@]12CC[C@@]3(C)O.O=c1ccc2ccccc2o1. The maximum Gasteiger partial charge on any atom is 0.336 e. The summed E-state index contributed by atoms with van der Waals surface area (Å²) in [6, 6.07) is 10.6. The Kier molecular flexibility index (Phi) is 4.30. The number of para-hydroxylation sites is 1. The van der Waals surface area contributed by atoms with Gasteiger partial charge in [-0.25, -0.2) is 4.79 Å². The summed E-state index contributed by atoms with van der Waals surface area (Å²) in [6.45, 7) is 9.38. The molecular formula is C24H32O3. The van der Waals surface area contributed by atoms with Gasteiger partial charge in [0.05, 0.1) is 5.60 Å². The number of rotatable bonds is 0. The minimum Gasteiger partial charge on any atom is -0.423 e. The lowest BCUT2D eigenvalue weighted by Gasteiger charge is -2.44. The average molecular weight is 369 g/mol. The van der Waals surface area contributed by atoms with E-state index >= 15 is 0 Å². The highest BCUT2D eigenvalue weighted by atomic mass is 16.4. The standard InChI is InChI=1S/C15H26O.C9H6O2/c1-10-5-6-11-13(2,3)12-9-15(10,11)8-7-14(12,4)16;10-9-6-5-7-3-1-2-4-8(7)11-9/h10-12,16H,5-9H2,1-4H3;1-6H/t10-,11+,12-,14-,15+;/m1./s1. The molecule has 0 aliphatic heterocycles. The van der Waals surface area contributed by atoms with E-state index in [1.54, 1.807) is 12.1 Å². The Morgan fingerprint density at radius 1 is 1.00 bits per heavy atom. The molecule has 146 valence electrons. The Morgan fingerprint density at radius 2 is 1.74 bits per heavy atom. The molecule has 27 heavy (non-hydrogen) atoms. The Balaban J connectivity index is 0.000000143. The van der Waals surface area contributed by atoms with Gasteiger partial charge in [-0.3, -0.25) is 0 Å². The predicted molar refractivity (Wildman–Crippen MR) is 109 cm³/mol. The summed E-state index contributed by atoms with van der Waals surface area (Å²) in [6.07, 6.45) is 6.41. The molecule has 3 nitrogen and oxygen atoms in total. The zero-order valence-electron chi connectivity index (χ0n) is 17.0. The van der Waals surface area contributed by atoms with Crippen molar-refractivity contribution in [2.75, 3.05) is 0 Å². The highest BCUT2D eigenvalue weighted by Crippen LogP contribution is 2.73. The fraction of sp³-hybridized carbons (Fsp3) is 0.625. The minimum atomic E-state index is -0.404. The van der Waals surface area contributed by atoms with Gasteiger partial charge in [-0.1, -0.05) is 39.0 Å². The second kappa shape index (κ2) is 6.20. The van der Waals surface area contributed by atoms with Crippen molar-refractivity contribution >= 4 is 11.0 Å². The van der Waals surface area contributed by atoms with Crippen LogP contribution in [0, 0.1) is 28.6 Å². The molecule has 0 radical (unpaired) electrons. The largest absolute Gasteiger partial charge is 0.423 e. The van der Waals surface area contributed by atoms with Gasteiger partial charge in [0.25, 0.3) is 0 Å². The second-order valence-electron chi connectivity index (χ2n) is 9.99. The molecule has 3 aliphatic carbocycles. The first-order valence-electron chi connectivity index (χ1n) is 10.4. The summed E-state index contributed by atoms with van der Waals surface area (Å²) in [5.41, 5.74) is 0.878. The zero-order valence-corrected chi connectivity index (χ0v) is 17.0. The maximum atomic E-state index is 10.7. The van der Waals surface area contributed by atoms with Crippen molar-refractivity contribution in [3.05, 3.63) is 46.8 Å². The van der Waals surface area contributed by atoms with Crippen LogP contribution in [0.2, 0.25) is 0 Å². The average Bonchev–Trinajstić information content (AvgIpc) is 3.05. The molecule has 0 saturated heterocycles. The van der Waals surface area contributed by atoms with E-state index in [1.807, 2.05) is 18.2 Å². The lowest BCUT2D eigenvalue weighted by atomic mass is 9.64. The molecule has 3 fully saturated rings. The van der Waals surface area contributed by atoms with Crippen molar-refractivity contribution in [1.29, 1.82) is 0 Å². The van der Waals surface area contributed by atoms with Gasteiger partial charge in [-0.05, 0) is 79.7 Å². The van der Waals surface area contributed by atoms with Gasteiger partial charge in [0.15, 0.2) is 0 Å². The monoisotopic (exact) mass is 368 g/mol. The molecule has 1 spiro atoms. The Bertz CT molecular complexity index is 890. The van der Waals surface area contributed by atoms with Crippen molar-refractivity contribution in [2.45, 2.75) is 65.4 Å². The van der Waals surface area contributed by atoms with Gasteiger partial charge in [0.2, 0.25) is 0 Å². The molecule has 1 N–H and O–H groups in total. The maximum absolute atomic E-state index is 10.7. The fourth-order valence-corrected chi connectivity index (χ4v) is 6.89. The molecule has 5 rings (SSSR count). The number of benzene rings is 1. The summed E-state index contributed by atoms with van der Waals surface area (Å²) in [7, 11) is 0. The molecular weight excluding hydrogens is 336 g/mol. The van der Waals surface area contributed by atoms with Gasteiger partial charge in [0, 0.05) is 11.5 Å². The van der Waals surface area contributed by atoms with Crippen LogP contribution in [0.25, 0.3) is 11.0 Å². The lowest BCUT2D eigenvalue weighted by Crippen LogP contribution is -2.44. The van der Waals surface area contributed by atoms with E-state index in [0.29, 0.717) is 22.3 Å². The van der Waals surface area contributed by atoms with Gasteiger partial charge in [0.1, 0.15) is 5.58 Å². The van der Waals surface area contributed by atoms with Crippen LogP contribution in [0.15, 0.2) is 45.6 Å². The smallest absolute Gasteiger partial charge is 0.336 e. The predicted octanol–water partition coefficient (Wildman–Crippen LogP) is 5.40. The van der Waals surface area contributed by atoms with Crippen LogP contribution in [-0.2, 0) is 0 Å². The van der Waals surface area contributed by atoms with Crippen molar-refractivity contribution in [3.63, 3.8) is 0 Å². The summed E-state index contributed by atoms with van der Waals surface area (Å²) in [5.74, 6) is 2.29. The third kappa shape index (κ3) is 2.86. The highest BCUT2D eigenvalue weighted by molar-refractivity contribution is 5.75. The molecule has 1 aromatic carbocycles. The van der Waals surface area contributed by atoms with Crippen LogP contribution in [0.1, 0.15) is 59.8 Å². The zero-order chi connectivity index (χ0) is 19.4. The summed E-state index contributed by atoms with van der Waals surface area (Å²) >= 11 is 0. The summed E-state index contributed by atoms with van der Waals surface area (Å²) in [4.78, 5) is 10.7. The third-order valence-corrected chi connectivity index (χ3v) is 8.32. The van der Waals surface area contributed by atoms with Gasteiger partial charge in [-0.15, -0.1) is 0 Å². The molecule has 2 aromatic rings. The second-order valence-corrected chi connectivity index (χ2v) is 9.99. The van der Waals surface area contributed by atoms with Crippen LogP contribution in [0.4, 0.5) is 0 Å². The fourth-order valence-electron chi connectivity index (χ4n) is 6.89. The van der Waals surface area contributed by atoms with E-state index in [4.69, 9.17) is 4.42 Å². The highest BCUT2D eigenvalue weighted by Gasteiger charge is 2.67. The lowest BCUT2D eigenvalue weighted by molar-refractivity contribution is -0.0717. The number of hydrogen-bond acceptors (Lipinski definition) is 3. The molecule has 3 aliphatic rings. The van der Waals surface area contributed by atoms with E-state index < -0.39 is 5.60 Å². The van der Waals surface area contributed by atoms with E-state index in [9.17, 15) is 9.90 Å². The van der Waals surface area contributed by atoms with E-state index in [2.05, 4.69) is 27.7 Å². The Morgan fingerprint density at radius 3 is 2.52 bits per heavy atom. The molecule has 1 heterocycles. The summed E-state index contributed by atoms with van der Waals surface area (Å²) < 4.78 is 4.91. The third-order valence-electron chi connectivity index (χ3n) is 8.32. The Hall–Kier alpha value is -1.61. The van der Waals surface area contributed by atoms with Crippen molar-refractivity contribution in [3.8, 4) is 0 Å². The topological polar surface area (TPSA) is 50.4 Å². The number of fused-ring (bicyclic) bond motifs is 2. The molecule has 3 saturated carbocycles. The van der Waals surface area contributed by atoms with E-state index in [0.717, 1.165) is 23.6 Å². The van der Waals surface area contributed by atoms with Gasteiger partial charge < -0.3 is 9.52 Å². The van der Waals surface area contributed by atoms with Crippen molar-refractivity contribution in [1.82, 2.24) is 0 Å². The first-order chi connectivity index (χ1) is 12.7. The molecule has 0 unspecified atom stereocenters. The number of aliphatic hydroxyl groups is 1. The number of hydrogen-bond donors (Lipinski definition) is 1. The normalized spacial score (nSPS) is 38.9. The van der Waals surface area contributed by atoms with Crippen LogP contribution in [0.5, 0.6) is 0 Å². The van der Waals surface area contributed by atoms with Crippen LogP contribution in [-0.4, -0.2) is 10.7 Å². The first-order valence-corrected chi connectivity index (χ1v) is 10.4. The van der Waals surface area contributed by atoms with E-state index in [1.165, 1.54) is 31.7 Å². The minimum absolute atomic E-state index is 0.302. The van der Waals surface area contributed by atoms with Crippen molar-refractivity contribution in [2.24, 2.45) is 28.6 Å². The van der Waals surface area contributed by atoms with E-state index in [-0.39, 0.29) is 5.63 Å². The van der Waals surface area contributed by atoms with Crippen LogP contribution in [0.3, 0.4) is 0 Å². The first kappa shape index (κ1) is 18.7.